The van der Waals surface area contributed by atoms with E-state index in [1.165, 1.54) is 19.4 Å². The van der Waals surface area contributed by atoms with E-state index in [0.717, 1.165) is 22.9 Å². The molecule has 0 unspecified atom stereocenters. The van der Waals surface area contributed by atoms with Gasteiger partial charge in [0.05, 0.1) is 31.0 Å². The van der Waals surface area contributed by atoms with Gasteiger partial charge in [-0.25, -0.2) is 4.79 Å². The van der Waals surface area contributed by atoms with Gasteiger partial charge in [0.1, 0.15) is 11.3 Å². The molecule has 0 bridgehead atoms. The second-order valence-electron chi connectivity index (χ2n) is 3.86. The zero-order valence-corrected chi connectivity index (χ0v) is 10.4. The number of methoxy groups -OCH3 is 1. The van der Waals surface area contributed by atoms with Crippen molar-refractivity contribution < 1.29 is 18.9 Å². The van der Waals surface area contributed by atoms with Crippen LogP contribution in [0.2, 0.25) is 0 Å². The van der Waals surface area contributed by atoms with Crippen LogP contribution in [0.1, 0.15) is 16.1 Å². The fourth-order valence-corrected chi connectivity index (χ4v) is 1.66. The number of hydrogen-bond acceptors (Lipinski definition) is 6. The summed E-state index contributed by atoms with van der Waals surface area (Å²) in [7, 11) is 1.22. The summed E-state index contributed by atoms with van der Waals surface area (Å²) in [5, 5.41) is 10.7. The van der Waals surface area contributed by atoms with Gasteiger partial charge in [-0.1, -0.05) is 0 Å². The number of pyridine rings is 1. The van der Waals surface area contributed by atoms with Crippen molar-refractivity contribution in [3.8, 4) is 0 Å². The summed E-state index contributed by atoms with van der Waals surface area (Å²) in [5.41, 5.74) is -0.496. The molecular formula is C12H10N2O6. The Morgan fingerprint density at radius 2 is 2.20 bits per heavy atom. The number of nitro groups is 1. The smallest absolute Gasteiger partial charge is 0.341 e. The Bertz CT molecular complexity index is 715. The van der Waals surface area contributed by atoms with Crippen LogP contribution in [0.25, 0.3) is 0 Å². The molecule has 2 heterocycles. The van der Waals surface area contributed by atoms with Gasteiger partial charge in [-0.15, -0.1) is 0 Å². The molecule has 2 aromatic rings. The third-order valence-electron chi connectivity index (χ3n) is 2.64. The molecule has 20 heavy (non-hydrogen) atoms. The van der Waals surface area contributed by atoms with E-state index in [-0.39, 0.29) is 23.6 Å². The number of nitrogens with zero attached hydrogens (tertiary/aromatic N) is 2. The largest absolute Gasteiger partial charge is 0.467 e. The molecule has 8 nitrogen and oxygen atoms in total. The average molecular weight is 278 g/mol. The number of hydrogen-bond donors (Lipinski definition) is 0. The Morgan fingerprint density at radius 3 is 2.85 bits per heavy atom. The number of carbonyl (C=O) groups excluding carboxylic acids is 1. The summed E-state index contributed by atoms with van der Waals surface area (Å²) >= 11 is 0. The van der Waals surface area contributed by atoms with Crippen molar-refractivity contribution in [2.75, 3.05) is 7.11 Å². The van der Waals surface area contributed by atoms with Gasteiger partial charge in [-0.05, 0) is 6.07 Å². The van der Waals surface area contributed by atoms with Crippen molar-refractivity contribution in [1.82, 2.24) is 4.57 Å². The third kappa shape index (κ3) is 2.58. The molecular weight excluding hydrogens is 268 g/mol. The van der Waals surface area contributed by atoms with E-state index in [1.807, 2.05) is 0 Å². The normalized spacial score (nSPS) is 10.2. The molecule has 104 valence electrons. The summed E-state index contributed by atoms with van der Waals surface area (Å²) in [6.07, 6.45) is 2.37. The summed E-state index contributed by atoms with van der Waals surface area (Å²) in [6.45, 7) is -0.0993. The summed E-state index contributed by atoms with van der Waals surface area (Å²) < 4.78 is 10.8. The summed E-state index contributed by atoms with van der Waals surface area (Å²) in [4.78, 5) is 33.2. The van der Waals surface area contributed by atoms with Gasteiger partial charge in [-0.3, -0.25) is 14.9 Å². The van der Waals surface area contributed by atoms with Crippen LogP contribution in [0.4, 0.5) is 5.69 Å². The molecule has 0 aromatic carbocycles. The zero-order chi connectivity index (χ0) is 14.7. The molecule has 2 aromatic heterocycles. The molecule has 0 radical (unpaired) electrons. The molecule has 0 atom stereocenters. The van der Waals surface area contributed by atoms with Crippen LogP contribution in [0.5, 0.6) is 0 Å². The van der Waals surface area contributed by atoms with Crippen LogP contribution in [-0.2, 0) is 11.3 Å². The molecule has 2 rings (SSSR count). The van der Waals surface area contributed by atoms with Crippen molar-refractivity contribution in [3.05, 3.63) is 62.5 Å². The maximum atomic E-state index is 11.7. The highest BCUT2D eigenvalue weighted by molar-refractivity contribution is 5.90. The quantitative estimate of drug-likeness (QED) is 0.472. The number of aromatic nitrogens is 1. The fourth-order valence-electron chi connectivity index (χ4n) is 1.66. The Labute approximate surface area is 112 Å². The maximum absolute atomic E-state index is 11.7. The number of ether oxygens (including phenoxy) is 1. The molecule has 0 aliphatic carbocycles. The third-order valence-corrected chi connectivity index (χ3v) is 2.64. The van der Waals surface area contributed by atoms with Crippen LogP contribution in [0.3, 0.4) is 0 Å². The van der Waals surface area contributed by atoms with Crippen LogP contribution < -0.4 is 5.56 Å². The molecule has 0 saturated carbocycles. The van der Waals surface area contributed by atoms with E-state index < -0.39 is 16.5 Å². The van der Waals surface area contributed by atoms with Crippen LogP contribution in [0.15, 0.2) is 39.9 Å². The van der Waals surface area contributed by atoms with E-state index >= 15 is 0 Å². The lowest BCUT2D eigenvalue weighted by atomic mass is 10.2. The topological polar surface area (TPSA) is 105 Å². The number of esters is 1. The first kappa shape index (κ1) is 13.5. The number of carbonyl (C=O) groups is 1. The van der Waals surface area contributed by atoms with Gasteiger partial charge in [-0.2, -0.15) is 0 Å². The highest BCUT2D eigenvalue weighted by atomic mass is 16.6. The van der Waals surface area contributed by atoms with Crippen molar-refractivity contribution in [2.24, 2.45) is 0 Å². The van der Waals surface area contributed by atoms with E-state index in [1.54, 1.807) is 0 Å². The summed E-state index contributed by atoms with van der Waals surface area (Å²) in [5.74, 6) is -0.410. The standard InChI is InChI=1S/C12H10N2O6/c1-19-12(16)9-4-5-20-10(9)7-13-6-8(14(17)18)2-3-11(13)15/h2-6H,7H2,1H3. The molecule has 8 heteroatoms. The minimum Gasteiger partial charge on any atom is -0.467 e. The first-order valence-corrected chi connectivity index (χ1v) is 5.52. The Morgan fingerprint density at radius 1 is 1.45 bits per heavy atom. The molecule has 0 aliphatic rings. The maximum Gasteiger partial charge on any atom is 0.341 e. The lowest BCUT2D eigenvalue weighted by Gasteiger charge is -2.04. The first-order chi connectivity index (χ1) is 9.52. The van der Waals surface area contributed by atoms with Gasteiger partial charge in [0.15, 0.2) is 0 Å². The van der Waals surface area contributed by atoms with Crippen LogP contribution in [-0.4, -0.2) is 22.6 Å². The van der Waals surface area contributed by atoms with Gasteiger partial charge in [0.2, 0.25) is 0 Å². The SMILES string of the molecule is COC(=O)c1ccoc1Cn1cc([N+](=O)[O-])ccc1=O. The Balaban J connectivity index is 2.38. The monoisotopic (exact) mass is 278 g/mol. The predicted molar refractivity (Wildman–Crippen MR) is 66.5 cm³/mol. The second kappa shape index (κ2) is 5.39. The molecule has 0 N–H and O–H groups in total. The number of rotatable bonds is 4. The predicted octanol–water partition coefficient (Wildman–Crippen LogP) is 1.18. The van der Waals surface area contributed by atoms with Gasteiger partial charge < -0.3 is 13.7 Å². The second-order valence-corrected chi connectivity index (χ2v) is 3.86. The molecule has 0 fully saturated rings. The van der Waals surface area contributed by atoms with Gasteiger partial charge in [0.25, 0.3) is 11.2 Å². The van der Waals surface area contributed by atoms with E-state index in [0.29, 0.717) is 0 Å². The fraction of sp³-hybridized carbons (Fsp3) is 0.167. The summed E-state index contributed by atoms with van der Waals surface area (Å²) in [6, 6.07) is 3.60. The minimum absolute atomic E-state index is 0.0993. The molecule has 0 spiro atoms. The highest BCUT2D eigenvalue weighted by Gasteiger charge is 2.17. The lowest BCUT2D eigenvalue weighted by Crippen LogP contribution is -2.20. The molecule has 0 amide bonds. The average Bonchev–Trinajstić information content (AvgIpc) is 2.88. The van der Waals surface area contributed by atoms with E-state index in [4.69, 9.17) is 4.42 Å². The first-order valence-electron chi connectivity index (χ1n) is 5.52. The Kier molecular flexibility index (Phi) is 3.65. The lowest BCUT2D eigenvalue weighted by molar-refractivity contribution is -0.385. The van der Waals surface area contributed by atoms with Crippen LogP contribution in [0, 0.1) is 10.1 Å². The number of furan rings is 1. The van der Waals surface area contributed by atoms with E-state index in [2.05, 4.69) is 4.74 Å². The van der Waals surface area contributed by atoms with Gasteiger partial charge in [0, 0.05) is 12.1 Å². The van der Waals surface area contributed by atoms with Crippen molar-refractivity contribution >= 4 is 11.7 Å². The Hall–Kier alpha value is -2.90. The zero-order valence-electron chi connectivity index (χ0n) is 10.4. The minimum atomic E-state index is -0.612. The molecule has 0 saturated heterocycles. The van der Waals surface area contributed by atoms with Crippen molar-refractivity contribution in [3.63, 3.8) is 0 Å². The van der Waals surface area contributed by atoms with Crippen molar-refractivity contribution in [1.29, 1.82) is 0 Å². The van der Waals surface area contributed by atoms with Crippen molar-refractivity contribution in [2.45, 2.75) is 6.54 Å². The van der Waals surface area contributed by atoms with Crippen LogP contribution >= 0.6 is 0 Å². The molecule has 0 aliphatic heterocycles. The van der Waals surface area contributed by atoms with E-state index in [9.17, 15) is 19.7 Å². The highest BCUT2D eigenvalue weighted by Crippen LogP contribution is 2.14. The van der Waals surface area contributed by atoms with Gasteiger partial charge >= 0.3 is 5.97 Å².